The Morgan fingerprint density at radius 1 is 1.47 bits per heavy atom. The minimum Gasteiger partial charge on any atom is -0.337 e. The van der Waals surface area contributed by atoms with Gasteiger partial charge in [0, 0.05) is 13.1 Å². The van der Waals surface area contributed by atoms with Crippen molar-refractivity contribution < 1.29 is 14.8 Å². The van der Waals surface area contributed by atoms with E-state index in [-0.39, 0.29) is 19.1 Å². The SMILES string of the molecule is CC.CCC1(C(=O)NO)CNC(=O)NC1. The summed E-state index contributed by atoms with van der Waals surface area (Å²) < 4.78 is 0. The van der Waals surface area contributed by atoms with Crippen LogP contribution in [0.15, 0.2) is 0 Å². The highest BCUT2D eigenvalue weighted by molar-refractivity contribution is 5.85. The molecular formula is C9H19N3O3. The van der Waals surface area contributed by atoms with Gasteiger partial charge >= 0.3 is 6.03 Å². The van der Waals surface area contributed by atoms with Gasteiger partial charge in [0.15, 0.2) is 0 Å². The zero-order valence-electron chi connectivity index (χ0n) is 9.39. The number of amides is 3. The van der Waals surface area contributed by atoms with Gasteiger partial charge in [0.2, 0.25) is 0 Å². The summed E-state index contributed by atoms with van der Waals surface area (Å²) in [5.74, 6) is -0.470. The van der Waals surface area contributed by atoms with E-state index in [9.17, 15) is 9.59 Å². The Balaban J connectivity index is 0.000000921. The maximum atomic E-state index is 11.3. The summed E-state index contributed by atoms with van der Waals surface area (Å²) in [7, 11) is 0. The number of hydroxylamine groups is 1. The Morgan fingerprint density at radius 2 is 1.93 bits per heavy atom. The molecule has 1 aliphatic heterocycles. The first-order valence-electron chi connectivity index (χ1n) is 5.11. The Bertz CT molecular complexity index is 221. The fourth-order valence-corrected chi connectivity index (χ4v) is 1.31. The third-order valence-corrected chi connectivity index (χ3v) is 2.43. The molecule has 0 spiro atoms. The largest absolute Gasteiger partial charge is 0.337 e. The van der Waals surface area contributed by atoms with Crippen LogP contribution >= 0.6 is 0 Å². The van der Waals surface area contributed by atoms with Crippen LogP contribution in [0.25, 0.3) is 0 Å². The molecule has 1 saturated heterocycles. The molecule has 1 heterocycles. The molecule has 0 aromatic carbocycles. The quantitative estimate of drug-likeness (QED) is 0.394. The fourth-order valence-electron chi connectivity index (χ4n) is 1.31. The molecule has 3 amide bonds. The highest BCUT2D eigenvalue weighted by atomic mass is 16.5. The topological polar surface area (TPSA) is 90.5 Å². The van der Waals surface area contributed by atoms with Crippen molar-refractivity contribution in [2.24, 2.45) is 5.41 Å². The van der Waals surface area contributed by atoms with Crippen LogP contribution in [0, 0.1) is 5.41 Å². The maximum absolute atomic E-state index is 11.3. The molecule has 1 rings (SSSR count). The third kappa shape index (κ3) is 3.09. The number of rotatable bonds is 2. The van der Waals surface area contributed by atoms with E-state index in [2.05, 4.69) is 10.6 Å². The molecule has 4 N–H and O–H groups in total. The molecule has 88 valence electrons. The lowest BCUT2D eigenvalue weighted by molar-refractivity contribution is -0.139. The van der Waals surface area contributed by atoms with Gasteiger partial charge in [-0.15, -0.1) is 0 Å². The van der Waals surface area contributed by atoms with Gasteiger partial charge < -0.3 is 10.6 Å². The van der Waals surface area contributed by atoms with Gasteiger partial charge in [-0.05, 0) is 6.42 Å². The normalized spacial score (nSPS) is 17.7. The van der Waals surface area contributed by atoms with Crippen LogP contribution in [0.4, 0.5) is 4.79 Å². The van der Waals surface area contributed by atoms with E-state index in [1.165, 1.54) is 0 Å². The van der Waals surface area contributed by atoms with Crippen LogP contribution in [0.2, 0.25) is 0 Å². The van der Waals surface area contributed by atoms with Crippen LogP contribution in [0.3, 0.4) is 0 Å². The lowest BCUT2D eigenvalue weighted by atomic mass is 9.83. The lowest BCUT2D eigenvalue weighted by Gasteiger charge is -2.34. The molecule has 15 heavy (non-hydrogen) atoms. The van der Waals surface area contributed by atoms with Gasteiger partial charge in [-0.3, -0.25) is 10.0 Å². The minimum atomic E-state index is -0.733. The van der Waals surface area contributed by atoms with E-state index >= 15 is 0 Å². The van der Waals surface area contributed by atoms with Crippen LogP contribution in [-0.2, 0) is 4.79 Å². The molecule has 0 radical (unpaired) electrons. The number of urea groups is 1. The Kier molecular flexibility index (Phi) is 5.69. The first-order valence-corrected chi connectivity index (χ1v) is 5.11. The highest BCUT2D eigenvalue weighted by Gasteiger charge is 2.39. The molecule has 0 saturated carbocycles. The summed E-state index contributed by atoms with van der Waals surface area (Å²) >= 11 is 0. The van der Waals surface area contributed by atoms with Gasteiger partial charge in [-0.2, -0.15) is 0 Å². The van der Waals surface area contributed by atoms with Gasteiger partial charge in [-0.25, -0.2) is 10.3 Å². The van der Waals surface area contributed by atoms with Crippen molar-refractivity contribution in [3.8, 4) is 0 Å². The number of nitrogens with one attached hydrogen (secondary N) is 3. The summed E-state index contributed by atoms with van der Waals surface area (Å²) in [6.45, 7) is 6.33. The zero-order chi connectivity index (χ0) is 11.9. The monoisotopic (exact) mass is 217 g/mol. The van der Waals surface area contributed by atoms with Crippen LogP contribution in [0.5, 0.6) is 0 Å². The minimum absolute atomic E-state index is 0.252. The number of carbonyl (C=O) groups excluding carboxylic acids is 2. The maximum Gasteiger partial charge on any atom is 0.314 e. The first kappa shape index (κ1) is 13.7. The molecule has 1 aliphatic rings. The number of hydrogen-bond donors (Lipinski definition) is 4. The van der Waals surface area contributed by atoms with Gasteiger partial charge in [0.05, 0.1) is 5.41 Å². The van der Waals surface area contributed by atoms with Crippen molar-refractivity contribution in [1.29, 1.82) is 0 Å². The smallest absolute Gasteiger partial charge is 0.314 e. The Hall–Kier alpha value is -1.30. The second-order valence-corrected chi connectivity index (χ2v) is 3.11. The van der Waals surface area contributed by atoms with E-state index in [1.807, 2.05) is 20.8 Å². The van der Waals surface area contributed by atoms with Crippen molar-refractivity contribution in [2.75, 3.05) is 13.1 Å². The third-order valence-electron chi connectivity index (χ3n) is 2.43. The van der Waals surface area contributed by atoms with Crippen molar-refractivity contribution in [1.82, 2.24) is 16.1 Å². The predicted molar refractivity (Wildman–Crippen MR) is 55.4 cm³/mol. The van der Waals surface area contributed by atoms with Gasteiger partial charge in [-0.1, -0.05) is 20.8 Å². The predicted octanol–water partition coefficient (Wildman–Crippen LogP) is 0.227. The van der Waals surface area contributed by atoms with Gasteiger partial charge in [0.25, 0.3) is 5.91 Å². The molecular weight excluding hydrogens is 198 g/mol. The molecule has 0 bridgehead atoms. The highest BCUT2D eigenvalue weighted by Crippen LogP contribution is 2.21. The van der Waals surface area contributed by atoms with E-state index in [1.54, 1.807) is 5.48 Å². The molecule has 0 aliphatic carbocycles. The molecule has 0 unspecified atom stereocenters. The van der Waals surface area contributed by atoms with E-state index in [0.29, 0.717) is 6.42 Å². The average Bonchev–Trinajstić information content (AvgIpc) is 2.32. The molecule has 6 heteroatoms. The molecule has 0 aromatic rings. The Labute approximate surface area is 89.4 Å². The van der Waals surface area contributed by atoms with Gasteiger partial charge in [0.1, 0.15) is 0 Å². The first-order chi connectivity index (χ1) is 7.14. The van der Waals surface area contributed by atoms with E-state index in [0.717, 1.165) is 0 Å². The second kappa shape index (κ2) is 6.23. The number of hydrogen-bond acceptors (Lipinski definition) is 3. The van der Waals surface area contributed by atoms with Crippen molar-refractivity contribution >= 4 is 11.9 Å². The van der Waals surface area contributed by atoms with Crippen LogP contribution < -0.4 is 16.1 Å². The fraction of sp³-hybridized carbons (Fsp3) is 0.778. The zero-order valence-corrected chi connectivity index (χ0v) is 9.39. The van der Waals surface area contributed by atoms with Crippen molar-refractivity contribution in [2.45, 2.75) is 27.2 Å². The lowest BCUT2D eigenvalue weighted by Crippen LogP contribution is -2.60. The standard InChI is InChI=1S/C7H13N3O3.C2H6/c1-2-7(5(11)10-13)3-8-6(12)9-4-7;1-2/h13H,2-4H2,1H3,(H,10,11)(H2,8,9,12);1-2H3. The summed E-state index contributed by atoms with van der Waals surface area (Å²) in [6.07, 6.45) is 0.548. The number of carbonyl (C=O) groups is 2. The van der Waals surface area contributed by atoms with Crippen molar-refractivity contribution in [3.63, 3.8) is 0 Å². The Morgan fingerprint density at radius 3 is 2.27 bits per heavy atom. The summed E-state index contributed by atoms with van der Waals surface area (Å²) in [4.78, 5) is 22.0. The van der Waals surface area contributed by atoms with Crippen LogP contribution in [-0.4, -0.2) is 30.2 Å². The summed E-state index contributed by atoms with van der Waals surface area (Å²) in [6, 6.07) is -0.283. The summed E-state index contributed by atoms with van der Waals surface area (Å²) in [5, 5.41) is 13.5. The average molecular weight is 217 g/mol. The molecule has 1 fully saturated rings. The molecule has 0 aromatic heterocycles. The second-order valence-electron chi connectivity index (χ2n) is 3.11. The van der Waals surface area contributed by atoms with Crippen LogP contribution in [0.1, 0.15) is 27.2 Å². The molecule has 6 nitrogen and oxygen atoms in total. The van der Waals surface area contributed by atoms with E-state index in [4.69, 9.17) is 5.21 Å². The summed E-state index contributed by atoms with van der Waals surface area (Å²) in [5.41, 5.74) is 0.878. The van der Waals surface area contributed by atoms with E-state index < -0.39 is 11.3 Å². The van der Waals surface area contributed by atoms with Crippen molar-refractivity contribution in [3.05, 3.63) is 0 Å². The molecule has 0 atom stereocenters.